The molecule has 0 bridgehead atoms. The molecule has 0 unspecified atom stereocenters. The standard InChI is InChI=1S/C12H9FN2O6/c1-2-20-12-9(11(16)17)14-10(21-12)7-4-3-6(13)5-8(7)15(18)19/h3-5H,2H2,1H3,(H,16,17). The molecule has 21 heavy (non-hydrogen) atoms. The summed E-state index contributed by atoms with van der Waals surface area (Å²) in [5.74, 6) is -2.90. The number of nitrogens with zero attached hydrogens (tertiary/aromatic N) is 2. The van der Waals surface area contributed by atoms with E-state index in [0.29, 0.717) is 6.07 Å². The van der Waals surface area contributed by atoms with Crippen molar-refractivity contribution in [1.82, 2.24) is 4.98 Å². The lowest BCUT2D eigenvalue weighted by Gasteiger charge is -1.99. The Morgan fingerprint density at radius 3 is 2.86 bits per heavy atom. The van der Waals surface area contributed by atoms with E-state index >= 15 is 0 Å². The molecule has 2 aromatic rings. The van der Waals surface area contributed by atoms with E-state index in [1.807, 2.05) is 0 Å². The van der Waals surface area contributed by atoms with Crippen molar-refractivity contribution in [2.24, 2.45) is 0 Å². The number of nitro benzene ring substituents is 1. The lowest BCUT2D eigenvalue weighted by Crippen LogP contribution is -2.01. The highest BCUT2D eigenvalue weighted by atomic mass is 19.1. The lowest BCUT2D eigenvalue weighted by atomic mass is 10.2. The summed E-state index contributed by atoms with van der Waals surface area (Å²) in [6, 6.07) is 2.76. The van der Waals surface area contributed by atoms with Crippen LogP contribution in [-0.4, -0.2) is 27.6 Å². The number of aromatic carboxylic acids is 1. The van der Waals surface area contributed by atoms with Crippen LogP contribution in [0.2, 0.25) is 0 Å². The number of aromatic nitrogens is 1. The Bertz CT molecular complexity index is 712. The third-order valence-electron chi connectivity index (χ3n) is 2.46. The number of carbonyl (C=O) groups is 1. The summed E-state index contributed by atoms with van der Waals surface area (Å²) in [4.78, 5) is 24.8. The van der Waals surface area contributed by atoms with Gasteiger partial charge in [0.05, 0.1) is 17.6 Å². The van der Waals surface area contributed by atoms with E-state index in [1.165, 1.54) is 0 Å². The quantitative estimate of drug-likeness (QED) is 0.665. The Morgan fingerprint density at radius 2 is 2.29 bits per heavy atom. The number of hydrogen-bond donors (Lipinski definition) is 1. The molecule has 0 fully saturated rings. The van der Waals surface area contributed by atoms with E-state index in [9.17, 15) is 19.3 Å². The predicted octanol–water partition coefficient (Wildman–Crippen LogP) is 2.49. The van der Waals surface area contributed by atoms with Gasteiger partial charge in [-0.1, -0.05) is 0 Å². The minimum Gasteiger partial charge on any atom is -0.476 e. The van der Waals surface area contributed by atoms with Crippen molar-refractivity contribution in [2.45, 2.75) is 6.92 Å². The van der Waals surface area contributed by atoms with Gasteiger partial charge < -0.3 is 14.3 Å². The number of hydrogen-bond acceptors (Lipinski definition) is 6. The summed E-state index contributed by atoms with van der Waals surface area (Å²) in [6.07, 6.45) is 0. The van der Waals surface area contributed by atoms with Gasteiger partial charge in [-0.25, -0.2) is 9.18 Å². The van der Waals surface area contributed by atoms with E-state index in [1.54, 1.807) is 6.92 Å². The molecule has 0 aliphatic carbocycles. The van der Waals surface area contributed by atoms with Crippen molar-refractivity contribution < 1.29 is 28.4 Å². The first-order valence-electron chi connectivity index (χ1n) is 5.75. The molecular weight excluding hydrogens is 287 g/mol. The highest BCUT2D eigenvalue weighted by Crippen LogP contribution is 2.33. The van der Waals surface area contributed by atoms with Crippen LogP contribution in [-0.2, 0) is 0 Å². The van der Waals surface area contributed by atoms with Crippen LogP contribution < -0.4 is 4.74 Å². The first kappa shape index (κ1) is 14.4. The van der Waals surface area contributed by atoms with E-state index in [4.69, 9.17) is 14.3 Å². The molecule has 0 saturated heterocycles. The molecule has 8 nitrogen and oxygen atoms in total. The van der Waals surface area contributed by atoms with Crippen LogP contribution in [0.3, 0.4) is 0 Å². The van der Waals surface area contributed by atoms with E-state index in [0.717, 1.165) is 12.1 Å². The van der Waals surface area contributed by atoms with Gasteiger partial charge in [-0.15, -0.1) is 0 Å². The summed E-state index contributed by atoms with van der Waals surface area (Å²) in [6.45, 7) is 1.73. The van der Waals surface area contributed by atoms with Gasteiger partial charge in [-0.2, -0.15) is 4.98 Å². The largest absolute Gasteiger partial charge is 0.476 e. The summed E-state index contributed by atoms with van der Waals surface area (Å²) in [5.41, 5.74) is -1.24. The van der Waals surface area contributed by atoms with Gasteiger partial charge in [-0.05, 0) is 19.1 Å². The van der Waals surface area contributed by atoms with E-state index in [2.05, 4.69) is 4.98 Å². The van der Waals surface area contributed by atoms with Crippen LogP contribution in [0.1, 0.15) is 17.4 Å². The molecule has 9 heteroatoms. The van der Waals surface area contributed by atoms with Gasteiger partial charge in [0.25, 0.3) is 5.69 Å². The number of carboxylic acids is 1. The molecule has 110 valence electrons. The van der Waals surface area contributed by atoms with Gasteiger partial charge in [0.15, 0.2) is 0 Å². The maximum absolute atomic E-state index is 13.1. The summed E-state index contributed by atoms with van der Waals surface area (Å²) < 4.78 is 23.1. The fourth-order valence-electron chi connectivity index (χ4n) is 1.62. The van der Waals surface area contributed by atoms with Crippen LogP contribution in [0.15, 0.2) is 22.6 Å². The third kappa shape index (κ3) is 2.81. The van der Waals surface area contributed by atoms with Crippen LogP contribution in [0.4, 0.5) is 10.1 Å². The summed E-state index contributed by atoms with van der Waals surface area (Å²) in [7, 11) is 0. The first-order chi connectivity index (χ1) is 9.93. The molecule has 2 rings (SSSR count). The zero-order chi connectivity index (χ0) is 15.6. The molecule has 1 aromatic carbocycles. The minimum absolute atomic E-state index is 0.125. The Kier molecular flexibility index (Phi) is 3.83. The number of ether oxygens (including phenoxy) is 1. The lowest BCUT2D eigenvalue weighted by molar-refractivity contribution is -0.384. The van der Waals surface area contributed by atoms with Crippen LogP contribution >= 0.6 is 0 Å². The zero-order valence-corrected chi connectivity index (χ0v) is 10.7. The molecular formula is C12H9FN2O6. The van der Waals surface area contributed by atoms with Crippen LogP contribution in [0.5, 0.6) is 5.95 Å². The zero-order valence-electron chi connectivity index (χ0n) is 10.7. The van der Waals surface area contributed by atoms with Crippen molar-refractivity contribution in [1.29, 1.82) is 0 Å². The molecule has 0 radical (unpaired) electrons. The topological polar surface area (TPSA) is 116 Å². The molecule has 1 heterocycles. The molecule has 0 atom stereocenters. The molecule has 1 aromatic heterocycles. The SMILES string of the molecule is CCOc1oc(-c2ccc(F)cc2[N+](=O)[O-])nc1C(=O)O. The second kappa shape index (κ2) is 5.57. The van der Waals surface area contributed by atoms with Crippen molar-refractivity contribution in [3.8, 4) is 17.4 Å². The number of oxazole rings is 1. The smallest absolute Gasteiger partial charge is 0.362 e. The number of carboxylic acid groups (broad SMARTS) is 1. The molecule has 1 N–H and O–H groups in total. The van der Waals surface area contributed by atoms with Crippen molar-refractivity contribution >= 4 is 11.7 Å². The molecule has 0 amide bonds. The van der Waals surface area contributed by atoms with E-state index in [-0.39, 0.29) is 24.0 Å². The van der Waals surface area contributed by atoms with Gasteiger partial charge in [-0.3, -0.25) is 10.1 Å². The Morgan fingerprint density at radius 1 is 1.57 bits per heavy atom. The number of rotatable bonds is 5. The highest BCUT2D eigenvalue weighted by Gasteiger charge is 2.26. The molecule has 0 aliphatic rings. The first-order valence-corrected chi connectivity index (χ1v) is 5.75. The Balaban J connectivity index is 2.59. The maximum atomic E-state index is 13.1. The summed E-state index contributed by atoms with van der Waals surface area (Å²) in [5, 5.41) is 19.9. The average molecular weight is 296 g/mol. The Labute approximate surface area is 116 Å². The predicted molar refractivity (Wildman–Crippen MR) is 66.7 cm³/mol. The number of benzene rings is 1. The second-order valence-electron chi connectivity index (χ2n) is 3.81. The molecule has 0 aliphatic heterocycles. The average Bonchev–Trinajstić information content (AvgIpc) is 2.83. The number of nitro groups is 1. The highest BCUT2D eigenvalue weighted by molar-refractivity contribution is 5.88. The fraction of sp³-hybridized carbons (Fsp3) is 0.167. The van der Waals surface area contributed by atoms with Crippen LogP contribution in [0, 0.1) is 15.9 Å². The van der Waals surface area contributed by atoms with Gasteiger partial charge in [0.2, 0.25) is 11.6 Å². The minimum atomic E-state index is -1.40. The monoisotopic (exact) mass is 296 g/mol. The maximum Gasteiger partial charge on any atom is 0.362 e. The normalized spacial score (nSPS) is 10.4. The molecule has 0 spiro atoms. The van der Waals surface area contributed by atoms with Crippen molar-refractivity contribution in [2.75, 3.05) is 6.61 Å². The second-order valence-corrected chi connectivity index (χ2v) is 3.81. The van der Waals surface area contributed by atoms with Crippen LogP contribution in [0.25, 0.3) is 11.5 Å². The van der Waals surface area contributed by atoms with Gasteiger partial charge >= 0.3 is 11.9 Å². The fourth-order valence-corrected chi connectivity index (χ4v) is 1.62. The number of halogens is 1. The van der Waals surface area contributed by atoms with Gasteiger partial charge in [0.1, 0.15) is 11.4 Å². The molecule has 0 saturated carbocycles. The third-order valence-corrected chi connectivity index (χ3v) is 2.46. The van der Waals surface area contributed by atoms with Crippen molar-refractivity contribution in [3.63, 3.8) is 0 Å². The summed E-state index contributed by atoms with van der Waals surface area (Å²) >= 11 is 0. The van der Waals surface area contributed by atoms with Gasteiger partial charge in [0, 0.05) is 0 Å². The Hall–Kier alpha value is -2.97. The van der Waals surface area contributed by atoms with E-state index < -0.39 is 28.1 Å². The van der Waals surface area contributed by atoms with Crippen molar-refractivity contribution in [3.05, 3.63) is 39.8 Å².